The highest BCUT2D eigenvalue weighted by atomic mass is 31.2. The van der Waals surface area contributed by atoms with Gasteiger partial charge in [-0.25, -0.2) is 9.97 Å². The molecular weight excluding hydrogens is 391 g/mol. The molecule has 0 saturated carbocycles. The molecule has 1 aromatic carbocycles. The van der Waals surface area contributed by atoms with Gasteiger partial charge in [0, 0.05) is 0 Å². The Morgan fingerprint density at radius 1 is 1.29 bits per heavy atom. The zero-order valence-corrected chi connectivity index (χ0v) is 15.2. The van der Waals surface area contributed by atoms with Crippen LogP contribution in [0.4, 0.5) is 0 Å². The minimum absolute atomic E-state index is 0.0420. The lowest BCUT2D eigenvalue weighted by Crippen LogP contribution is -2.36. The first-order valence-corrected chi connectivity index (χ1v) is 9.91. The molecule has 148 valence electrons. The van der Waals surface area contributed by atoms with E-state index in [1.54, 1.807) is 18.2 Å². The Labute approximate surface area is 157 Å². The molecular formula is C16H17N4O7P. The van der Waals surface area contributed by atoms with Gasteiger partial charge in [-0.3, -0.25) is 18.5 Å². The van der Waals surface area contributed by atoms with Crippen molar-refractivity contribution in [2.45, 2.75) is 24.5 Å². The van der Waals surface area contributed by atoms with E-state index in [-0.39, 0.29) is 16.5 Å². The van der Waals surface area contributed by atoms with Gasteiger partial charge in [0.15, 0.2) is 17.4 Å². The Bertz CT molecular complexity index is 1090. The van der Waals surface area contributed by atoms with Crippen LogP contribution >= 0.6 is 7.60 Å². The van der Waals surface area contributed by atoms with Crippen LogP contribution in [-0.4, -0.2) is 59.5 Å². The van der Waals surface area contributed by atoms with E-state index in [4.69, 9.17) is 9.26 Å². The average molecular weight is 408 g/mol. The number of benzene rings is 1. The SMILES string of the molecule is O=c1[nH]cnc2c1ncn2[C@@H]1O[C@H](CO)[C@@H](OP(=O)(O)c2ccccc2)[C@H]1O. The van der Waals surface area contributed by atoms with Crippen molar-refractivity contribution in [1.82, 2.24) is 19.5 Å². The van der Waals surface area contributed by atoms with Crippen molar-refractivity contribution in [3.05, 3.63) is 53.3 Å². The standard InChI is InChI=1S/C16H17N4O7P/c21-6-10-13(27-28(24,25)9-4-2-1-3-5-9)12(22)16(26-10)20-8-19-11-14(20)17-7-18-15(11)23/h1-5,7-8,10,12-13,16,21-22H,6H2,(H,24,25)(H,17,18,23)/t10-,12-,13-,16-/m1/s1. The van der Waals surface area contributed by atoms with Gasteiger partial charge < -0.3 is 24.8 Å². The molecule has 3 heterocycles. The number of hydrogen-bond donors (Lipinski definition) is 4. The van der Waals surface area contributed by atoms with Crippen LogP contribution in [0.3, 0.4) is 0 Å². The molecule has 11 nitrogen and oxygen atoms in total. The number of nitrogens with one attached hydrogen (secondary N) is 1. The zero-order chi connectivity index (χ0) is 19.9. The van der Waals surface area contributed by atoms with E-state index in [9.17, 15) is 24.5 Å². The van der Waals surface area contributed by atoms with Crippen LogP contribution in [0.5, 0.6) is 0 Å². The predicted octanol–water partition coefficient (Wildman–Crippen LogP) is -0.734. The van der Waals surface area contributed by atoms with Gasteiger partial charge in [-0.05, 0) is 12.1 Å². The number of aromatic amines is 1. The summed E-state index contributed by atoms with van der Waals surface area (Å²) in [7, 11) is -4.29. The van der Waals surface area contributed by atoms with Gasteiger partial charge in [0.2, 0.25) is 0 Å². The summed E-state index contributed by atoms with van der Waals surface area (Å²) in [5.41, 5.74) is -0.271. The Hall–Kier alpha value is -2.40. The van der Waals surface area contributed by atoms with Crippen molar-refractivity contribution < 1.29 is 28.9 Å². The van der Waals surface area contributed by atoms with Gasteiger partial charge >= 0.3 is 7.60 Å². The Morgan fingerprint density at radius 2 is 2.04 bits per heavy atom. The molecule has 0 amide bonds. The fourth-order valence-corrected chi connectivity index (χ4v) is 4.38. The van der Waals surface area contributed by atoms with Crippen molar-refractivity contribution in [2.75, 3.05) is 6.61 Å². The highest BCUT2D eigenvalue weighted by molar-refractivity contribution is 7.61. The number of aromatic nitrogens is 4. The van der Waals surface area contributed by atoms with Gasteiger partial charge in [0.25, 0.3) is 5.56 Å². The van der Waals surface area contributed by atoms with Gasteiger partial charge in [-0.1, -0.05) is 18.2 Å². The molecule has 4 N–H and O–H groups in total. The van der Waals surface area contributed by atoms with Gasteiger partial charge in [0.1, 0.15) is 18.3 Å². The van der Waals surface area contributed by atoms with Crippen LogP contribution in [0.1, 0.15) is 6.23 Å². The molecule has 0 bridgehead atoms. The van der Waals surface area contributed by atoms with Crippen LogP contribution < -0.4 is 10.9 Å². The maximum atomic E-state index is 12.6. The number of hydrogen-bond acceptors (Lipinski definition) is 8. The van der Waals surface area contributed by atoms with Crippen molar-refractivity contribution in [2.24, 2.45) is 0 Å². The summed E-state index contributed by atoms with van der Waals surface area (Å²) >= 11 is 0. The normalized spacial score (nSPS) is 27.1. The molecule has 1 saturated heterocycles. The highest BCUT2D eigenvalue weighted by Gasteiger charge is 2.48. The van der Waals surface area contributed by atoms with E-state index < -0.39 is 44.3 Å². The Balaban J connectivity index is 1.66. The highest BCUT2D eigenvalue weighted by Crippen LogP contribution is 2.46. The van der Waals surface area contributed by atoms with Crippen LogP contribution in [0.2, 0.25) is 0 Å². The lowest BCUT2D eigenvalue weighted by Gasteiger charge is -2.23. The molecule has 12 heteroatoms. The van der Waals surface area contributed by atoms with E-state index in [0.717, 1.165) is 0 Å². The lowest BCUT2D eigenvalue weighted by molar-refractivity contribution is -0.0505. The van der Waals surface area contributed by atoms with Crippen LogP contribution in [0.25, 0.3) is 11.2 Å². The van der Waals surface area contributed by atoms with Crippen LogP contribution in [0.15, 0.2) is 47.8 Å². The molecule has 5 atom stereocenters. The third kappa shape index (κ3) is 3.18. The average Bonchev–Trinajstić information content (AvgIpc) is 3.25. The summed E-state index contributed by atoms with van der Waals surface area (Å²) in [6.07, 6.45) is -2.50. The molecule has 1 aliphatic rings. The zero-order valence-electron chi connectivity index (χ0n) is 14.3. The summed E-state index contributed by atoms with van der Waals surface area (Å²) in [5, 5.41) is 20.4. The number of H-pyrrole nitrogens is 1. The number of nitrogens with zero attached hydrogens (tertiary/aromatic N) is 3. The van der Waals surface area contributed by atoms with Crippen molar-refractivity contribution in [3.8, 4) is 0 Å². The monoisotopic (exact) mass is 408 g/mol. The molecule has 1 aliphatic heterocycles. The molecule has 28 heavy (non-hydrogen) atoms. The summed E-state index contributed by atoms with van der Waals surface area (Å²) in [6, 6.07) is 7.69. The van der Waals surface area contributed by atoms with E-state index >= 15 is 0 Å². The third-order valence-electron chi connectivity index (χ3n) is 4.48. The molecule has 0 spiro atoms. The largest absolute Gasteiger partial charge is 0.394 e. The molecule has 0 aliphatic carbocycles. The minimum atomic E-state index is -4.29. The number of aliphatic hydroxyl groups excluding tert-OH is 2. The van der Waals surface area contributed by atoms with Gasteiger partial charge in [0.05, 0.1) is 24.6 Å². The van der Waals surface area contributed by atoms with E-state index in [1.807, 2.05) is 0 Å². The second-order valence-corrected chi connectivity index (χ2v) is 7.99. The summed E-state index contributed by atoms with van der Waals surface area (Å²) < 4.78 is 24.9. The fourth-order valence-electron chi connectivity index (χ4n) is 3.12. The van der Waals surface area contributed by atoms with Crippen molar-refractivity contribution in [3.63, 3.8) is 0 Å². The number of ether oxygens (including phenoxy) is 1. The second-order valence-electron chi connectivity index (χ2n) is 6.22. The third-order valence-corrected chi connectivity index (χ3v) is 5.96. The van der Waals surface area contributed by atoms with E-state index in [0.29, 0.717) is 0 Å². The minimum Gasteiger partial charge on any atom is -0.394 e. The first-order valence-electron chi connectivity index (χ1n) is 8.34. The Kier molecular flexibility index (Phi) is 4.88. The number of rotatable bonds is 5. The molecule has 4 rings (SSSR count). The summed E-state index contributed by atoms with van der Waals surface area (Å²) in [6.45, 7) is -0.562. The quantitative estimate of drug-likeness (QED) is 0.399. The molecule has 1 fully saturated rings. The molecule has 3 aromatic rings. The topological polar surface area (TPSA) is 160 Å². The molecule has 1 unspecified atom stereocenters. The van der Waals surface area contributed by atoms with Crippen molar-refractivity contribution >= 4 is 24.1 Å². The number of imidazole rings is 1. The predicted molar refractivity (Wildman–Crippen MR) is 95.9 cm³/mol. The van der Waals surface area contributed by atoms with E-state index in [2.05, 4.69) is 15.0 Å². The van der Waals surface area contributed by atoms with Crippen molar-refractivity contribution in [1.29, 1.82) is 0 Å². The van der Waals surface area contributed by atoms with Gasteiger partial charge in [-0.15, -0.1) is 0 Å². The van der Waals surface area contributed by atoms with Crippen LogP contribution in [-0.2, 0) is 13.8 Å². The van der Waals surface area contributed by atoms with E-state index in [1.165, 1.54) is 29.4 Å². The molecule has 2 aromatic heterocycles. The second kappa shape index (κ2) is 7.21. The smallest absolute Gasteiger partial charge is 0.359 e. The number of fused-ring (bicyclic) bond motifs is 1. The van der Waals surface area contributed by atoms with Crippen LogP contribution in [0, 0.1) is 0 Å². The summed E-state index contributed by atoms with van der Waals surface area (Å²) in [4.78, 5) is 32.5. The number of aliphatic hydroxyl groups is 2. The van der Waals surface area contributed by atoms with Gasteiger partial charge in [-0.2, -0.15) is 0 Å². The molecule has 0 radical (unpaired) electrons. The first-order chi connectivity index (χ1) is 13.4. The first kappa shape index (κ1) is 18.9. The Morgan fingerprint density at radius 3 is 2.75 bits per heavy atom. The summed E-state index contributed by atoms with van der Waals surface area (Å²) in [5.74, 6) is 0. The maximum Gasteiger partial charge on any atom is 0.359 e. The lowest BCUT2D eigenvalue weighted by atomic mass is 10.1. The maximum absolute atomic E-state index is 12.6. The fraction of sp³-hybridized carbons (Fsp3) is 0.312.